The van der Waals surface area contributed by atoms with Crippen LogP contribution >= 0.6 is 24.8 Å². The summed E-state index contributed by atoms with van der Waals surface area (Å²) in [7, 11) is 0. The van der Waals surface area contributed by atoms with Crippen molar-refractivity contribution in [1.29, 1.82) is 0 Å². The van der Waals surface area contributed by atoms with Crippen molar-refractivity contribution >= 4 is 53.1 Å². The molecule has 1 aromatic carbocycles. The lowest BCUT2D eigenvalue weighted by atomic mass is 9.96. The highest BCUT2D eigenvalue weighted by atomic mass is 35.5. The van der Waals surface area contributed by atoms with Gasteiger partial charge in [-0.2, -0.15) is 0 Å². The quantitative estimate of drug-likeness (QED) is 0.680. The van der Waals surface area contributed by atoms with Gasteiger partial charge in [-0.25, -0.2) is 9.97 Å². The number of rotatable bonds is 5. The Hall–Kier alpha value is -1.67. The molecule has 2 N–H and O–H groups in total. The highest BCUT2D eigenvalue weighted by molar-refractivity contribution is 5.97. The zero-order valence-corrected chi connectivity index (χ0v) is 19.5. The minimum atomic E-state index is -0.00220. The van der Waals surface area contributed by atoms with E-state index >= 15 is 0 Å². The van der Waals surface area contributed by atoms with Gasteiger partial charge in [-0.1, -0.05) is 32.1 Å². The van der Waals surface area contributed by atoms with Gasteiger partial charge < -0.3 is 15.4 Å². The Morgan fingerprint density at radius 2 is 1.74 bits per heavy atom. The van der Waals surface area contributed by atoms with Crippen molar-refractivity contribution in [1.82, 2.24) is 14.9 Å². The van der Waals surface area contributed by atoms with Crippen LogP contribution in [0.25, 0.3) is 10.9 Å². The topological polar surface area (TPSA) is 79.4 Å². The van der Waals surface area contributed by atoms with E-state index in [0.717, 1.165) is 35.5 Å². The summed E-state index contributed by atoms with van der Waals surface area (Å²) in [6, 6.07) is 6.29. The fourth-order valence-electron chi connectivity index (χ4n) is 4.21. The molecule has 0 unspecified atom stereocenters. The van der Waals surface area contributed by atoms with Gasteiger partial charge in [0.25, 0.3) is 0 Å². The van der Waals surface area contributed by atoms with Crippen molar-refractivity contribution in [3.8, 4) is 0 Å². The first kappa shape index (κ1) is 25.6. The predicted molar refractivity (Wildman–Crippen MR) is 130 cm³/mol. The van der Waals surface area contributed by atoms with E-state index < -0.39 is 0 Å². The van der Waals surface area contributed by atoms with Crippen LogP contribution in [0.3, 0.4) is 0 Å². The molecule has 0 bridgehead atoms. The molecule has 2 heterocycles. The van der Waals surface area contributed by atoms with E-state index in [9.17, 15) is 4.79 Å². The summed E-state index contributed by atoms with van der Waals surface area (Å²) in [5.41, 5.74) is 1.67. The van der Waals surface area contributed by atoms with Crippen LogP contribution in [0.1, 0.15) is 44.9 Å². The van der Waals surface area contributed by atoms with Gasteiger partial charge >= 0.3 is 0 Å². The molecule has 0 spiro atoms. The van der Waals surface area contributed by atoms with Crippen LogP contribution in [-0.2, 0) is 9.53 Å². The average Bonchev–Trinajstić information content (AvgIpc) is 2.71. The van der Waals surface area contributed by atoms with Gasteiger partial charge in [-0.05, 0) is 31.0 Å². The molecule has 9 heteroatoms. The first-order valence-electron chi connectivity index (χ1n) is 10.9. The van der Waals surface area contributed by atoms with Crippen LogP contribution in [0, 0.1) is 0 Å². The summed E-state index contributed by atoms with van der Waals surface area (Å²) in [6.07, 6.45) is 10.5. The van der Waals surface area contributed by atoms with Crippen LogP contribution in [0.4, 0.5) is 11.5 Å². The number of benzene rings is 1. The van der Waals surface area contributed by atoms with E-state index in [1.807, 2.05) is 18.2 Å². The van der Waals surface area contributed by atoms with Gasteiger partial charge in [0.05, 0.1) is 25.3 Å². The van der Waals surface area contributed by atoms with Crippen LogP contribution in [-0.4, -0.2) is 59.7 Å². The molecule has 1 saturated carbocycles. The SMILES string of the molecule is Cl.Cl.O=C(CN1CCOCC1)Nc1ccc2ncnc(NC3CCCCCCC3)c2c1. The van der Waals surface area contributed by atoms with E-state index in [0.29, 0.717) is 25.8 Å². The highest BCUT2D eigenvalue weighted by Crippen LogP contribution is 2.26. The molecule has 2 fully saturated rings. The van der Waals surface area contributed by atoms with Crippen LogP contribution < -0.4 is 10.6 Å². The van der Waals surface area contributed by atoms with Gasteiger partial charge in [0.15, 0.2) is 0 Å². The molecule has 31 heavy (non-hydrogen) atoms. The summed E-state index contributed by atoms with van der Waals surface area (Å²) in [5, 5.41) is 7.63. The molecule has 1 aliphatic carbocycles. The van der Waals surface area contributed by atoms with Crippen molar-refractivity contribution in [3.05, 3.63) is 24.5 Å². The number of morpholine rings is 1. The zero-order valence-electron chi connectivity index (χ0n) is 17.8. The standard InChI is InChI=1S/C22H31N5O2.2ClH/c28-21(15-27-10-12-29-13-11-27)25-18-8-9-20-19(14-18)22(24-16-23-20)26-17-6-4-2-1-3-5-7-17;;/h8-9,14,16-17H,1-7,10-13,15H2,(H,25,28)(H,23,24,26);2*1H. The van der Waals surface area contributed by atoms with Gasteiger partial charge in [0, 0.05) is 30.2 Å². The van der Waals surface area contributed by atoms with Crippen LogP contribution in [0.5, 0.6) is 0 Å². The van der Waals surface area contributed by atoms with E-state index in [1.165, 1.54) is 44.9 Å². The number of amides is 1. The average molecular weight is 470 g/mol. The van der Waals surface area contributed by atoms with E-state index in [2.05, 4.69) is 25.5 Å². The van der Waals surface area contributed by atoms with Crippen LogP contribution in [0.15, 0.2) is 24.5 Å². The molecule has 0 radical (unpaired) electrons. The van der Waals surface area contributed by atoms with Crippen molar-refractivity contribution in [2.24, 2.45) is 0 Å². The van der Waals surface area contributed by atoms with Crippen molar-refractivity contribution in [2.45, 2.75) is 51.0 Å². The maximum Gasteiger partial charge on any atom is 0.238 e. The second-order valence-electron chi connectivity index (χ2n) is 8.08. The first-order chi connectivity index (χ1) is 14.3. The summed E-state index contributed by atoms with van der Waals surface area (Å²) >= 11 is 0. The number of nitrogens with one attached hydrogen (secondary N) is 2. The summed E-state index contributed by atoms with van der Waals surface area (Å²) in [6.45, 7) is 3.37. The third kappa shape index (κ3) is 7.45. The fraction of sp³-hybridized carbons (Fsp3) is 0.591. The second kappa shape index (κ2) is 13.0. The Morgan fingerprint density at radius 1 is 1.03 bits per heavy atom. The minimum Gasteiger partial charge on any atom is -0.379 e. The highest BCUT2D eigenvalue weighted by Gasteiger charge is 2.16. The largest absolute Gasteiger partial charge is 0.379 e. The van der Waals surface area contributed by atoms with Crippen LogP contribution in [0.2, 0.25) is 0 Å². The normalized spacial score (nSPS) is 18.2. The number of anilines is 2. The number of carbonyl (C=O) groups is 1. The van der Waals surface area contributed by atoms with Crippen molar-refractivity contribution in [2.75, 3.05) is 43.5 Å². The molecule has 4 rings (SSSR count). The summed E-state index contributed by atoms with van der Waals surface area (Å²) in [4.78, 5) is 23.5. The van der Waals surface area contributed by atoms with E-state index in [1.54, 1.807) is 6.33 Å². The Kier molecular flexibility index (Phi) is 10.7. The lowest BCUT2D eigenvalue weighted by Crippen LogP contribution is -2.41. The summed E-state index contributed by atoms with van der Waals surface area (Å²) < 4.78 is 5.34. The fourth-order valence-corrected chi connectivity index (χ4v) is 4.21. The van der Waals surface area contributed by atoms with Gasteiger partial charge in [-0.15, -0.1) is 24.8 Å². The Balaban J connectivity index is 0.00000171. The molecule has 0 atom stereocenters. The number of halogens is 2. The van der Waals surface area contributed by atoms with Crippen molar-refractivity contribution in [3.63, 3.8) is 0 Å². The Morgan fingerprint density at radius 3 is 2.48 bits per heavy atom. The third-order valence-corrected chi connectivity index (χ3v) is 5.84. The Bertz CT molecular complexity index is 825. The first-order valence-corrected chi connectivity index (χ1v) is 10.9. The number of carbonyl (C=O) groups excluding carboxylic acids is 1. The number of aromatic nitrogens is 2. The molecule has 1 amide bonds. The molecule has 1 saturated heterocycles. The van der Waals surface area contributed by atoms with Gasteiger partial charge in [0.1, 0.15) is 12.1 Å². The molecular formula is C22H33Cl2N5O2. The summed E-state index contributed by atoms with van der Waals surface area (Å²) in [5.74, 6) is 0.863. The number of hydrogen-bond acceptors (Lipinski definition) is 6. The molecular weight excluding hydrogens is 437 g/mol. The molecule has 172 valence electrons. The number of fused-ring (bicyclic) bond motifs is 1. The third-order valence-electron chi connectivity index (χ3n) is 5.84. The number of hydrogen-bond donors (Lipinski definition) is 2. The number of nitrogens with zero attached hydrogens (tertiary/aromatic N) is 3. The van der Waals surface area contributed by atoms with E-state index in [-0.39, 0.29) is 30.7 Å². The molecule has 1 aliphatic heterocycles. The monoisotopic (exact) mass is 469 g/mol. The lowest BCUT2D eigenvalue weighted by molar-refractivity contribution is -0.118. The smallest absolute Gasteiger partial charge is 0.238 e. The maximum atomic E-state index is 12.4. The minimum absolute atomic E-state index is 0. The lowest BCUT2D eigenvalue weighted by Gasteiger charge is -2.25. The predicted octanol–water partition coefficient (Wildman–Crippen LogP) is 4.27. The molecule has 1 aromatic heterocycles. The molecule has 2 aliphatic rings. The molecule has 7 nitrogen and oxygen atoms in total. The zero-order chi connectivity index (χ0) is 19.9. The molecule has 2 aromatic rings. The Labute approximate surface area is 196 Å². The second-order valence-corrected chi connectivity index (χ2v) is 8.08. The number of ether oxygens (including phenoxy) is 1. The maximum absolute atomic E-state index is 12.4. The van der Waals surface area contributed by atoms with Gasteiger partial charge in [-0.3, -0.25) is 9.69 Å². The van der Waals surface area contributed by atoms with E-state index in [4.69, 9.17) is 4.74 Å². The van der Waals surface area contributed by atoms with Crippen molar-refractivity contribution < 1.29 is 9.53 Å². The van der Waals surface area contributed by atoms with Gasteiger partial charge in [0.2, 0.25) is 5.91 Å².